The molecule has 0 bridgehead atoms. The van der Waals surface area contributed by atoms with Crippen LogP contribution in [0.15, 0.2) is 176 Å². The predicted octanol–water partition coefficient (Wildman–Crippen LogP) is 15.0. The molecule has 0 saturated carbocycles. The van der Waals surface area contributed by atoms with Crippen LogP contribution < -0.4 is 35.7 Å². The van der Waals surface area contributed by atoms with Gasteiger partial charge in [-0.1, -0.05) is 124 Å². The van der Waals surface area contributed by atoms with Crippen molar-refractivity contribution in [2.45, 2.75) is 39.5 Å². The second-order valence-electron chi connectivity index (χ2n) is 19.2. The van der Waals surface area contributed by atoms with Crippen molar-refractivity contribution >= 4 is 100 Å². The first-order valence-corrected chi connectivity index (χ1v) is 25.0. The number of ether oxygens (including phenoxy) is 2. The molecule has 0 saturated heterocycles. The Bertz CT molecular complexity index is 3540. The molecule has 8 aromatic carbocycles. The van der Waals surface area contributed by atoms with Crippen molar-refractivity contribution in [1.82, 2.24) is 0 Å². The molecule has 0 N–H and O–H groups in total. The van der Waals surface area contributed by atoms with E-state index in [1.54, 1.807) is 0 Å². The highest BCUT2D eigenvalue weighted by atomic mass is 32.1. The highest BCUT2D eigenvalue weighted by Gasteiger charge is 2.46. The summed E-state index contributed by atoms with van der Waals surface area (Å²) in [5.41, 5.74) is 17.7. The van der Waals surface area contributed by atoms with Crippen LogP contribution in [-0.4, -0.2) is 19.9 Å². The number of hydrogen-bond donors (Lipinski definition) is 0. The summed E-state index contributed by atoms with van der Waals surface area (Å²) < 4.78 is 16.0. The molecule has 0 unspecified atom stereocenters. The van der Waals surface area contributed by atoms with Crippen LogP contribution >= 0.6 is 22.7 Å². The van der Waals surface area contributed by atoms with Gasteiger partial charge in [0, 0.05) is 53.9 Å². The average molecular weight is 903 g/mol. The van der Waals surface area contributed by atoms with E-state index >= 15 is 0 Å². The van der Waals surface area contributed by atoms with Gasteiger partial charge in [0.15, 0.2) is 11.5 Å². The molecular formula is C60H47BN2O2S2. The van der Waals surface area contributed by atoms with Gasteiger partial charge in [-0.25, -0.2) is 0 Å². The Morgan fingerprint density at radius 2 is 1.18 bits per heavy atom. The van der Waals surface area contributed by atoms with E-state index in [-0.39, 0.29) is 12.1 Å². The molecule has 0 amide bonds. The van der Waals surface area contributed by atoms with Crippen molar-refractivity contribution < 1.29 is 9.47 Å². The van der Waals surface area contributed by atoms with Crippen LogP contribution in [-0.2, 0) is 5.41 Å². The van der Waals surface area contributed by atoms with Crippen LogP contribution in [0.5, 0.6) is 11.5 Å². The second-order valence-corrected chi connectivity index (χ2v) is 21.3. The van der Waals surface area contributed by atoms with E-state index < -0.39 is 0 Å². The fourth-order valence-corrected chi connectivity index (χ4v) is 12.7. The number of fused-ring (bicyclic) bond motifs is 8. The maximum atomic E-state index is 6.89. The summed E-state index contributed by atoms with van der Waals surface area (Å²) in [5.74, 6) is 1.60. The van der Waals surface area contributed by atoms with Crippen LogP contribution in [0.25, 0.3) is 52.2 Å². The number of thiophene rings is 2. The molecule has 7 heteroatoms. The Kier molecular flexibility index (Phi) is 9.32. The molecule has 0 fully saturated rings. The third kappa shape index (κ3) is 6.62. The average Bonchev–Trinajstić information content (AvgIpc) is 3.91. The molecule has 3 aliphatic heterocycles. The van der Waals surface area contributed by atoms with Crippen molar-refractivity contribution in [2.75, 3.05) is 23.0 Å². The molecule has 4 nitrogen and oxygen atoms in total. The lowest BCUT2D eigenvalue weighted by Gasteiger charge is -2.45. The van der Waals surface area contributed by atoms with Gasteiger partial charge in [-0.05, 0) is 140 Å². The van der Waals surface area contributed by atoms with Crippen LogP contribution in [0.1, 0.15) is 38.3 Å². The molecule has 5 heterocycles. The highest BCUT2D eigenvalue weighted by molar-refractivity contribution is 7.22. The van der Waals surface area contributed by atoms with Gasteiger partial charge in [0.2, 0.25) is 0 Å². The van der Waals surface area contributed by atoms with E-state index in [0.29, 0.717) is 13.2 Å². The molecule has 10 aromatic rings. The minimum absolute atomic E-state index is 0.0488. The first-order chi connectivity index (χ1) is 32.7. The summed E-state index contributed by atoms with van der Waals surface area (Å²) in [6.45, 7) is 10.3. The third-order valence-electron chi connectivity index (χ3n) is 13.8. The van der Waals surface area contributed by atoms with Crippen molar-refractivity contribution in [2.24, 2.45) is 0 Å². The maximum Gasteiger partial charge on any atom is 0.252 e. The third-order valence-corrected chi connectivity index (χ3v) is 16.1. The van der Waals surface area contributed by atoms with E-state index in [9.17, 15) is 0 Å². The summed E-state index contributed by atoms with van der Waals surface area (Å²) in [7, 11) is 0. The van der Waals surface area contributed by atoms with Crippen LogP contribution in [0.2, 0.25) is 0 Å². The zero-order valence-electron chi connectivity index (χ0n) is 38.0. The largest absolute Gasteiger partial charge is 0.489 e. The lowest BCUT2D eigenvalue weighted by atomic mass is 9.33. The van der Waals surface area contributed by atoms with E-state index in [0.717, 1.165) is 40.7 Å². The smallest absolute Gasteiger partial charge is 0.252 e. The van der Waals surface area contributed by atoms with Gasteiger partial charge in [-0.2, -0.15) is 0 Å². The van der Waals surface area contributed by atoms with Gasteiger partial charge in [0.1, 0.15) is 0 Å². The minimum atomic E-state index is -0.0866. The van der Waals surface area contributed by atoms with E-state index in [2.05, 4.69) is 213 Å². The van der Waals surface area contributed by atoms with Crippen molar-refractivity contribution in [3.05, 3.63) is 187 Å². The van der Waals surface area contributed by atoms with Crippen molar-refractivity contribution in [3.8, 4) is 43.5 Å². The molecule has 0 spiro atoms. The van der Waals surface area contributed by atoms with E-state index in [4.69, 9.17) is 9.47 Å². The Hall–Kier alpha value is -7.06. The van der Waals surface area contributed by atoms with Crippen molar-refractivity contribution in [1.29, 1.82) is 0 Å². The Morgan fingerprint density at radius 3 is 1.91 bits per heavy atom. The van der Waals surface area contributed by atoms with Gasteiger partial charge in [0.05, 0.1) is 24.6 Å². The standard InChI is InChI=1S/C60H47BN2O2S2/c1-37-30-50-57-51(31-37)63(48-26-23-43(60(2,3)4)36-45(48)38-14-6-5-7-15-38)58-47(25-27-52-59(58)65-29-13-28-64-52)61(57)46-24-22-42(56-35-41-17-9-11-21-54(41)67-56)33-49(46)62(50)44-19-12-18-39(32-44)55-34-40-16-8-10-20-53(40)66-55/h5-12,14-27,30-36H,13,28-29H2,1-4H3. The monoisotopic (exact) mass is 902 g/mol. The molecular weight excluding hydrogens is 856 g/mol. The number of hydrogen-bond acceptors (Lipinski definition) is 6. The summed E-state index contributed by atoms with van der Waals surface area (Å²) in [4.78, 5) is 7.59. The van der Waals surface area contributed by atoms with Crippen LogP contribution in [0, 0.1) is 6.92 Å². The number of rotatable bonds is 5. The lowest BCUT2D eigenvalue weighted by molar-refractivity contribution is 0.297. The van der Waals surface area contributed by atoms with E-state index in [1.165, 1.54) is 91.1 Å². The Morgan fingerprint density at radius 1 is 0.522 bits per heavy atom. The normalized spacial score (nSPS) is 13.9. The molecule has 0 aliphatic carbocycles. The molecule has 2 aromatic heterocycles. The van der Waals surface area contributed by atoms with Gasteiger partial charge >= 0.3 is 0 Å². The first-order valence-electron chi connectivity index (χ1n) is 23.3. The summed E-state index contributed by atoms with van der Waals surface area (Å²) >= 11 is 3.71. The summed E-state index contributed by atoms with van der Waals surface area (Å²) in [6.07, 6.45) is 0.821. The van der Waals surface area contributed by atoms with Gasteiger partial charge in [0.25, 0.3) is 6.71 Å². The fourth-order valence-electron chi connectivity index (χ4n) is 10.6. The Labute approximate surface area is 400 Å². The predicted molar refractivity (Wildman–Crippen MR) is 287 cm³/mol. The summed E-state index contributed by atoms with van der Waals surface area (Å²) in [5, 5.41) is 2.55. The van der Waals surface area contributed by atoms with Crippen LogP contribution in [0.3, 0.4) is 0 Å². The number of benzene rings is 8. The number of nitrogens with zero attached hydrogens (tertiary/aromatic N) is 2. The number of aryl methyl sites for hydroxylation is 1. The SMILES string of the molecule is Cc1cc2c3c(c1)N(c1ccc(C(C)(C)C)cc1-c1ccccc1)c1c(ccc4c1OCCCO4)B3c1ccc(-c3cc4ccccc4s3)cc1N2c1cccc(-c2cc3ccccc3s2)c1. The molecule has 324 valence electrons. The highest BCUT2D eigenvalue weighted by Crippen LogP contribution is 2.53. The van der Waals surface area contributed by atoms with Gasteiger partial charge in [-0.15, -0.1) is 22.7 Å². The zero-order valence-corrected chi connectivity index (χ0v) is 39.6. The zero-order chi connectivity index (χ0) is 45.0. The molecule has 3 aliphatic rings. The first kappa shape index (κ1) is 40.2. The molecule has 0 atom stereocenters. The quantitative estimate of drug-likeness (QED) is 0.161. The number of anilines is 6. The lowest BCUT2D eigenvalue weighted by Crippen LogP contribution is -2.61. The molecule has 67 heavy (non-hydrogen) atoms. The molecule has 0 radical (unpaired) electrons. The second kappa shape index (κ2) is 15.5. The fraction of sp³-hybridized carbons (Fsp3) is 0.133. The molecule has 13 rings (SSSR count). The topological polar surface area (TPSA) is 24.9 Å². The van der Waals surface area contributed by atoms with Gasteiger partial charge in [-0.3, -0.25) is 0 Å². The minimum Gasteiger partial charge on any atom is -0.489 e. The summed E-state index contributed by atoms with van der Waals surface area (Å²) in [6, 6.07) is 65.8. The van der Waals surface area contributed by atoms with E-state index in [1.807, 2.05) is 22.7 Å². The van der Waals surface area contributed by atoms with Gasteiger partial charge < -0.3 is 19.3 Å². The maximum absolute atomic E-state index is 6.89. The Balaban J connectivity index is 1.10. The van der Waals surface area contributed by atoms with Crippen LogP contribution in [0.4, 0.5) is 34.1 Å². The van der Waals surface area contributed by atoms with Crippen molar-refractivity contribution in [3.63, 3.8) is 0 Å².